The number of amides is 1. The van der Waals surface area contributed by atoms with Gasteiger partial charge in [0.25, 0.3) is 0 Å². The lowest BCUT2D eigenvalue weighted by molar-refractivity contribution is -0.118. The molecule has 0 aromatic carbocycles. The number of aryl methyl sites for hydroxylation is 1. The molecule has 0 saturated carbocycles. The maximum absolute atomic E-state index is 10.5. The van der Waals surface area contributed by atoms with Crippen LogP contribution in [0.5, 0.6) is 5.75 Å². The van der Waals surface area contributed by atoms with Gasteiger partial charge in [0.15, 0.2) is 0 Å². The van der Waals surface area contributed by atoms with Crippen molar-refractivity contribution in [1.29, 1.82) is 0 Å². The molecular weight excluding hydrogens is 230 g/mol. The van der Waals surface area contributed by atoms with Crippen LogP contribution in [0.1, 0.15) is 30.7 Å². The summed E-state index contributed by atoms with van der Waals surface area (Å²) in [5.74, 6) is 0.591. The molecule has 0 aliphatic rings. The Morgan fingerprint density at radius 3 is 2.89 bits per heavy atom. The van der Waals surface area contributed by atoms with Gasteiger partial charge in [-0.25, -0.2) is 0 Å². The van der Waals surface area contributed by atoms with Gasteiger partial charge in [-0.3, -0.25) is 9.78 Å². The molecule has 0 unspecified atom stereocenters. The smallest absolute Gasteiger partial charge is 0.217 e. The number of hydrogen-bond acceptors (Lipinski definition) is 4. The number of nitrogens with one attached hydrogen (secondary N) is 1. The van der Waals surface area contributed by atoms with Crippen LogP contribution in [-0.4, -0.2) is 24.5 Å². The quantitative estimate of drug-likeness (QED) is 0.679. The zero-order valence-electron chi connectivity index (χ0n) is 11.0. The highest BCUT2D eigenvalue weighted by Gasteiger charge is 2.00. The van der Waals surface area contributed by atoms with E-state index < -0.39 is 0 Å². The van der Waals surface area contributed by atoms with Crippen molar-refractivity contribution in [2.75, 3.05) is 13.7 Å². The Bertz CT molecular complexity index is 394. The van der Waals surface area contributed by atoms with Crippen LogP contribution in [0.3, 0.4) is 0 Å². The predicted octanol–water partition coefficient (Wildman–Crippen LogP) is 1.14. The summed E-state index contributed by atoms with van der Waals surface area (Å²) in [5.41, 5.74) is 6.97. The van der Waals surface area contributed by atoms with Crippen molar-refractivity contribution in [3.63, 3.8) is 0 Å². The first-order chi connectivity index (χ1) is 8.61. The zero-order valence-corrected chi connectivity index (χ0v) is 11.0. The first-order valence-electron chi connectivity index (χ1n) is 6.12. The molecule has 1 amide bonds. The summed E-state index contributed by atoms with van der Waals surface area (Å²) < 4.78 is 5.19. The normalized spacial score (nSPS) is 10.3. The standard InChI is InChI=1S/C13H21N3O2/c1-10-7-12(18-2)8-11(16-10)9-15-6-4-3-5-13(14)17/h7-8,15H,3-6,9H2,1-2H3,(H2,14,17). The summed E-state index contributed by atoms with van der Waals surface area (Å²) in [5, 5.41) is 3.28. The second-order valence-corrected chi connectivity index (χ2v) is 4.24. The highest BCUT2D eigenvalue weighted by molar-refractivity contribution is 5.73. The molecular formula is C13H21N3O2. The summed E-state index contributed by atoms with van der Waals surface area (Å²) in [6.07, 6.45) is 2.22. The molecule has 100 valence electrons. The SMILES string of the molecule is COc1cc(C)nc(CNCCCCC(N)=O)c1. The molecule has 18 heavy (non-hydrogen) atoms. The van der Waals surface area contributed by atoms with Gasteiger partial charge in [0.1, 0.15) is 5.75 Å². The molecule has 0 aliphatic carbocycles. The number of unbranched alkanes of at least 4 members (excludes halogenated alkanes) is 1. The van der Waals surface area contributed by atoms with Crippen molar-refractivity contribution in [2.45, 2.75) is 32.7 Å². The van der Waals surface area contributed by atoms with E-state index in [4.69, 9.17) is 10.5 Å². The van der Waals surface area contributed by atoms with Crippen molar-refractivity contribution in [3.05, 3.63) is 23.5 Å². The van der Waals surface area contributed by atoms with Crippen LogP contribution < -0.4 is 15.8 Å². The van der Waals surface area contributed by atoms with Crippen molar-refractivity contribution < 1.29 is 9.53 Å². The fraction of sp³-hybridized carbons (Fsp3) is 0.538. The van der Waals surface area contributed by atoms with E-state index in [-0.39, 0.29) is 5.91 Å². The molecule has 0 spiro atoms. The minimum absolute atomic E-state index is 0.236. The number of rotatable bonds is 8. The molecule has 5 nitrogen and oxygen atoms in total. The Kier molecular flexibility index (Phi) is 6.14. The van der Waals surface area contributed by atoms with E-state index >= 15 is 0 Å². The zero-order chi connectivity index (χ0) is 13.4. The predicted molar refractivity (Wildman–Crippen MR) is 70.3 cm³/mol. The van der Waals surface area contributed by atoms with Gasteiger partial charge in [-0.05, 0) is 26.3 Å². The second-order valence-electron chi connectivity index (χ2n) is 4.24. The van der Waals surface area contributed by atoms with E-state index in [2.05, 4.69) is 10.3 Å². The molecule has 5 heteroatoms. The Morgan fingerprint density at radius 1 is 1.44 bits per heavy atom. The summed E-state index contributed by atoms with van der Waals surface area (Å²) in [6.45, 7) is 3.50. The van der Waals surface area contributed by atoms with Crippen LogP contribution in [-0.2, 0) is 11.3 Å². The van der Waals surface area contributed by atoms with Gasteiger partial charge in [0.2, 0.25) is 5.91 Å². The van der Waals surface area contributed by atoms with Crippen molar-refractivity contribution >= 4 is 5.91 Å². The lowest BCUT2D eigenvalue weighted by atomic mass is 10.2. The van der Waals surface area contributed by atoms with Crippen molar-refractivity contribution in [1.82, 2.24) is 10.3 Å². The number of hydrogen-bond donors (Lipinski definition) is 2. The molecule has 0 bridgehead atoms. The lowest BCUT2D eigenvalue weighted by Crippen LogP contribution is -2.17. The molecule has 0 fully saturated rings. The third-order valence-electron chi connectivity index (χ3n) is 2.55. The van der Waals surface area contributed by atoms with E-state index in [1.165, 1.54) is 0 Å². The Labute approximate surface area is 108 Å². The maximum Gasteiger partial charge on any atom is 0.217 e. The Hall–Kier alpha value is -1.62. The fourth-order valence-electron chi connectivity index (χ4n) is 1.68. The summed E-state index contributed by atoms with van der Waals surface area (Å²) in [7, 11) is 1.65. The topological polar surface area (TPSA) is 77.2 Å². The second kappa shape index (κ2) is 7.66. The number of carbonyl (C=O) groups excluding carboxylic acids is 1. The van der Waals surface area contributed by atoms with Gasteiger partial charge in [-0.1, -0.05) is 0 Å². The largest absolute Gasteiger partial charge is 0.497 e. The fourth-order valence-corrected chi connectivity index (χ4v) is 1.68. The number of ether oxygens (including phenoxy) is 1. The van der Waals surface area contributed by atoms with E-state index in [0.717, 1.165) is 36.5 Å². The van der Waals surface area contributed by atoms with Crippen LogP contribution >= 0.6 is 0 Å². The van der Waals surface area contributed by atoms with Gasteiger partial charge in [-0.15, -0.1) is 0 Å². The summed E-state index contributed by atoms with van der Waals surface area (Å²) >= 11 is 0. The third kappa shape index (κ3) is 5.63. The van der Waals surface area contributed by atoms with Crippen LogP contribution in [0.25, 0.3) is 0 Å². The molecule has 1 aromatic heterocycles. The van der Waals surface area contributed by atoms with Gasteiger partial charge >= 0.3 is 0 Å². The van der Waals surface area contributed by atoms with Crippen molar-refractivity contribution in [3.8, 4) is 5.75 Å². The monoisotopic (exact) mass is 251 g/mol. The first kappa shape index (κ1) is 14.4. The van der Waals surface area contributed by atoms with Gasteiger partial charge in [0, 0.05) is 30.8 Å². The van der Waals surface area contributed by atoms with Gasteiger partial charge in [0.05, 0.1) is 12.8 Å². The van der Waals surface area contributed by atoms with Crippen LogP contribution in [0.2, 0.25) is 0 Å². The number of pyridine rings is 1. The van der Waals surface area contributed by atoms with Crippen LogP contribution in [0.4, 0.5) is 0 Å². The average Bonchev–Trinajstić information content (AvgIpc) is 2.32. The lowest BCUT2D eigenvalue weighted by Gasteiger charge is -2.07. The highest BCUT2D eigenvalue weighted by atomic mass is 16.5. The van der Waals surface area contributed by atoms with E-state index in [0.29, 0.717) is 13.0 Å². The molecule has 0 atom stereocenters. The Balaban J connectivity index is 2.26. The summed E-state index contributed by atoms with van der Waals surface area (Å²) in [6, 6.07) is 3.82. The third-order valence-corrected chi connectivity index (χ3v) is 2.55. The first-order valence-corrected chi connectivity index (χ1v) is 6.12. The van der Waals surface area contributed by atoms with Gasteiger partial charge < -0.3 is 15.8 Å². The van der Waals surface area contributed by atoms with E-state index in [1.54, 1.807) is 7.11 Å². The van der Waals surface area contributed by atoms with Crippen molar-refractivity contribution in [2.24, 2.45) is 5.73 Å². The molecule has 3 N–H and O–H groups in total. The van der Waals surface area contributed by atoms with E-state index in [1.807, 2.05) is 19.1 Å². The van der Waals surface area contributed by atoms with Gasteiger partial charge in [-0.2, -0.15) is 0 Å². The summed E-state index contributed by atoms with van der Waals surface area (Å²) in [4.78, 5) is 15.0. The number of carbonyl (C=O) groups is 1. The Morgan fingerprint density at radius 2 is 2.22 bits per heavy atom. The van der Waals surface area contributed by atoms with Crippen LogP contribution in [0.15, 0.2) is 12.1 Å². The number of nitrogens with two attached hydrogens (primary N) is 1. The van der Waals surface area contributed by atoms with Crippen LogP contribution in [0, 0.1) is 6.92 Å². The highest BCUT2D eigenvalue weighted by Crippen LogP contribution is 2.12. The molecule has 0 aliphatic heterocycles. The number of methoxy groups -OCH3 is 1. The molecule has 1 rings (SSSR count). The molecule has 0 radical (unpaired) electrons. The minimum atomic E-state index is -0.236. The average molecular weight is 251 g/mol. The molecule has 1 heterocycles. The molecule has 1 aromatic rings. The minimum Gasteiger partial charge on any atom is -0.497 e. The number of aromatic nitrogens is 1. The number of nitrogens with zero attached hydrogens (tertiary/aromatic N) is 1. The number of primary amides is 1. The molecule has 0 saturated heterocycles. The van der Waals surface area contributed by atoms with E-state index in [9.17, 15) is 4.79 Å². The maximum atomic E-state index is 10.5.